The third-order valence-electron chi connectivity index (χ3n) is 4.59. The minimum atomic E-state index is -1.89. The second-order valence-corrected chi connectivity index (χ2v) is 15.4. The fourth-order valence-electron chi connectivity index (χ4n) is 4.71. The molecule has 0 aliphatic rings. The van der Waals surface area contributed by atoms with E-state index in [9.17, 15) is 10.2 Å². The molecule has 1 atom stereocenters. The summed E-state index contributed by atoms with van der Waals surface area (Å²) in [5.74, 6) is 0. The van der Waals surface area contributed by atoms with Crippen LogP contribution in [0.5, 0.6) is 0 Å². The van der Waals surface area contributed by atoms with Gasteiger partial charge in [0.1, 0.15) is 0 Å². The number of aliphatic hydroxyl groups excluding tert-OH is 2. The van der Waals surface area contributed by atoms with Crippen molar-refractivity contribution in [3.63, 3.8) is 0 Å². The molecule has 0 aliphatic carbocycles. The Hall–Kier alpha value is 0.350. The quantitative estimate of drug-likeness (QED) is 0.776. The Labute approximate surface area is 115 Å². The van der Waals surface area contributed by atoms with Gasteiger partial charge in [0, 0.05) is 0 Å². The van der Waals surface area contributed by atoms with E-state index in [1.165, 1.54) is 0 Å². The summed E-state index contributed by atoms with van der Waals surface area (Å²) in [5.41, 5.74) is 0. The topological polar surface area (TPSA) is 40.5 Å². The average molecular weight is 278 g/mol. The molecular weight excluding hydrogens is 243 g/mol. The zero-order valence-corrected chi connectivity index (χ0v) is 14.9. The summed E-state index contributed by atoms with van der Waals surface area (Å²) in [7, 11) is -1.89. The van der Waals surface area contributed by atoms with Crippen molar-refractivity contribution in [1.82, 2.24) is 0 Å². The molecule has 2 nitrogen and oxygen atoms in total. The Kier molecular flexibility index (Phi) is 5.49. The summed E-state index contributed by atoms with van der Waals surface area (Å²) in [6.45, 7) is 20.6. The van der Waals surface area contributed by atoms with Gasteiger partial charge in [-0.25, -0.2) is 0 Å². The predicted molar refractivity (Wildman–Crippen MR) is 85.5 cm³/mol. The predicted octanol–water partition coefficient (Wildman–Crippen LogP) is 3.49. The second-order valence-electron chi connectivity index (χ2n) is 8.70. The molecule has 0 heterocycles. The second kappa shape index (κ2) is 5.38. The van der Waals surface area contributed by atoms with E-state index < -0.39 is 13.4 Å². The molecule has 2 N–H and O–H groups in total. The van der Waals surface area contributed by atoms with Crippen LogP contribution in [0.4, 0.5) is 0 Å². The Morgan fingerprint density at radius 2 is 1.06 bits per heavy atom. The van der Waals surface area contributed by atoms with E-state index in [2.05, 4.69) is 62.3 Å². The molecule has 0 rings (SSSR count). The van der Waals surface area contributed by atoms with E-state index in [4.69, 9.17) is 0 Å². The average Bonchev–Trinajstić information content (AvgIpc) is 2.07. The number of hydrogen-bond acceptors (Lipinski definition) is 2. The molecule has 0 spiro atoms. The van der Waals surface area contributed by atoms with Crippen LogP contribution in [0.15, 0.2) is 0 Å². The molecule has 1 unspecified atom stereocenters. The summed E-state index contributed by atoms with van der Waals surface area (Å²) < 4.78 is 0. The summed E-state index contributed by atoms with van der Waals surface area (Å²) in [6, 6.07) is 0. The van der Waals surface area contributed by atoms with Crippen LogP contribution in [0.1, 0.15) is 62.3 Å². The molecule has 18 heavy (non-hydrogen) atoms. The standard InChI is InChI=1S/C15H35O2P/c1-13(2,3)18(14(4,5)6,15(7,8)9)11-12(17)10-16/h12,16-18H,10-11H2,1-9H3. The van der Waals surface area contributed by atoms with E-state index >= 15 is 0 Å². The maximum absolute atomic E-state index is 10.1. The van der Waals surface area contributed by atoms with Gasteiger partial charge in [-0.15, -0.1) is 0 Å². The molecule has 0 aromatic carbocycles. The van der Waals surface area contributed by atoms with Crippen LogP contribution in [0.2, 0.25) is 0 Å². The van der Waals surface area contributed by atoms with E-state index in [0.717, 1.165) is 6.16 Å². The van der Waals surface area contributed by atoms with Crippen molar-refractivity contribution in [3.8, 4) is 0 Å². The monoisotopic (exact) mass is 278 g/mol. The van der Waals surface area contributed by atoms with Gasteiger partial charge in [0.2, 0.25) is 0 Å². The molecule has 0 aromatic heterocycles. The Morgan fingerprint density at radius 3 is 1.22 bits per heavy atom. The van der Waals surface area contributed by atoms with Gasteiger partial charge >= 0.3 is 114 Å². The summed E-state index contributed by atoms with van der Waals surface area (Å²) in [5, 5.41) is 19.9. The number of rotatable bonds is 3. The van der Waals surface area contributed by atoms with Crippen molar-refractivity contribution in [2.75, 3.05) is 12.8 Å². The first-order valence-corrected chi connectivity index (χ1v) is 9.20. The van der Waals surface area contributed by atoms with Crippen molar-refractivity contribution in [3.05, 3.63) is 0 Å². The maximum atomic E-state index is 10.1. The first-order chi connectivity index (χ1) is 7.70. The van der Waals surface area contributed by atoms with Crippen LogP contribution in [-0.2, 0) is 0 Å². The van der Waals surface area contributed by atoms with Crippen molar-refractivity contribution >= 4 is 7.26 Å². The van der Waals surface area contributed by atoms with Crippen LogP contribution in [0.25, 0.3) is 0 Å². The van der Waals surface area contributed by atoms with E-state index in [0.29, 0.717) is 0 Å². The van der Waals surface area contributed by atoms with E-state index in [1.54, 1.807) is 0 Å². The normalized spacial score (nSPS) is 17.7. The Balaban J connectivity index is 5.92. The van der Waals surface area contributed by atoms with Crippen LogP contribution in [0.3, 0.4) is 0 Å². The van der Waals surface area contributed by atoms with Crippen molar-refractivity contribution < 1.29 is 10.2 Å². The molecule has 0 saturated heterocycles. The fourth-order valence-corrected chi connectivity index (χ4v) is 14.1. The molecule has 0 aromatic rings. The van der Waals surface area contributed by atoms with Gasteiger partial charge in [0.15, 0.2) is 0 Å². The van der Waals surface area contributed by atoms with Gasteiger partial charge in [0.25, 0.3) is 0 Å². The van der Waals surface area contributed by atoms with Crippen molar-refractivity contribution in [1.29, 1.82) is 0 Å². The van der Waals surface area contributed by atoms with Crippen LogP contribution < -0.4 is 0 Å². The molecule has 3 heteroatoms. The van der Waals surface area contributed by atoms with Gasteiger partial charge in [-0.1, -0.05) is 0 Å². The van der Waals surface area contributed by atoms with E-state index in [-0.39, 0.29) is 22.1 Å². The molecule has 0 amide bonds. The molecular formula is C15H35O2P. The zero-order chi connectivity index (χ0) is 15.0. The Morgan fingerprint density at radius 1 is 0.778 bits per heavy atom. The molecule has 0 fully saturated rings. The van der Waals surface area contributed by atoms with Gasteiger partial charge in [-0.3, -0.25) is 0 Å². The molecule has 0 radical (unpaired) electrons. The summed E-state index contributed by atoms with van der Waals surface area (Å²) >= 11 is 0. The van der Waals surface area contributed by atoms with Crippen LogP contribution in [0, 0.1) is 0 Å². The fraction of sp³-hybridized carbons (Fsp3) is 1.00. The van der Waals surface area contributed by atoms with Crippen molar-refractivity contribution in [2.24, 2.45) is 0 Å². The molecule has 0 bridgehead atoms. The molecule has 112 valence electrons. The van der Waals surface area contributed by atoms with Crippen molar-refractivity contribution in [2.45, 2.75) is 83.9 Å². The molecule has 0 saturated carbocycles. The Bertz CT molecular complexity index is 230. The summed E-state index contributed by atoms with van der Waals surface area (Å²) in [6.07, 6.45) is 0.175. The minimum absolute atomic E-state index is 0.128. The van der Waals surface area contributed by atoms with Gasteiger partial charge in [-0.05, 0) is 0 Å². The molecule has 0 aliphatic heterocycles. The third kappa shape index (κ3) is 3.26. The zero-order valence-electron chi connectivity index (χ0n) is 13.9. The first-order valence-electron chi connectivity index (χ1n) is 6.99. The first kappa shape index (κ1) is 18.4. The van der Waals surface area contributed by atoms with Gasteiger partial charge in [0.05, 0.1) is 0 Å². The van der Waals surface area contributed by atoms with Gasteiger partial charge < -0.3 is 0 Å². The SMILES string of the molecule is CC(C)(C)[PH](CC(O)CO)(C(C)(C)C)C(C)(C)C. The third-order valence-corrected chi connectivity index (χ3v) is 13.4. The summed E-state index contributed by atoms with van der Waals surface area (Å²) in [4.78, 5) is 0. The number of hydrogen-bond donors (Lipinski definition) is 2. The number of aliphatic hydroxyl groups is 2. The van der Waals surface area contributed by atoms with Gasteiger partial charge in [-0.2, -0.15) is 0 Å². The van der Waals surface area contributed by atoms with E-state index in [1.807, 2.05) is 0 Å². The van der Waals surface area contributed by atoms with Crippen LogP contribution in [-0.4, -0.2) is 44.6 Å². The van der Waals surface area contributed by atoms with Crippen LogP contribution >= 0.6 is 7.26 Å².